The fourth-order valence-corrected chi connectivity index (χ4v) is 9.88. The minimum Gasteiger partial charge on any atom is -0.462 e. The fraction of sp³-hybridized carbons (Fsp3) is 0.724. The van der Waals surface area contributed by atoms with E-state index in [9.17, 15) is 14.4 Å². The largest absolute Gasteiger partial charge is 0.462 e. The lowest BCUT2D eigenvalue weighted by Gasteiger charge is -2.18. The van der Waals surface area contributed by atoms with Crippen molar-refractivity contribution in [3.63, 3.8) is 0 Å². The van der Waals surface area contributed by atoms with E-state index >= 15 is 0 Å². The molecule has 0 N–H and O–H groups in total. The standard InChI is InChI=1S/C76H130O6/c1-4-7-10-13-16-19-22-24-26-28-30-32-34-36-38-40-42-44-46-48-50-52-54-57-60-63-66-69-75(78)81-72-73(71-80-74(77)68-65-62-59-56-21-18-15-12-9-6-3)82-76(79)70-67-64-61-58-55-53-51-49-47-45-43-41-39-37-35-33-31-29-27-25-23-20-17-14-11-8-5-2/h7-8,10-11,16-17,19-20,24-27,30-33,36,38,73H,4-6,9,12-15,18,21-23,28-29,34-35,37,39-72H2,1-3H3/b10-7-,11-8-,19-16-,20-17-,26-24-,27-25-,32-30-,33-31-,38-36-. The summed E-state index contributed by atoms with van der Waals surface area (Å²) >= 11 is 0. The Hall–Kier alpha value is -3.93. The second-order valence-electron chi connectivity index (χ2n) is 23.0. The molecule has 82 heavy (non-hydrogen) atoms. The Morgan fingerprint density at radius 2 is 0.476 bits per heavy atom. The van der Waals surface area contributed by atoms with Crippen LogP contribution < -0.4 is 0 Å². The summed E-state index contributed by atoms with van der Waals surface area (Å²) in [6.07, 6.45) is 95.5. The van der Waals surface area contributed by atoms with Gasteiger partial charge in [0.2, 0.25) is 0 Å². The van der Waals surface area contributed by atoms with Gasteiger partial charge in [-0.1, -0.05) is 323 Å². The molecule has 0 saturated carbocycles. The minimum absolute atomic E-state index is 0.0754. The molecule has 0 aromatic heterocycles. The van der Waals surface area contributed by atoms with E-state index in [1.165, 1.54) is 180 Å². The number of hydrogen-bond donors (Lipinski definition) is 0. The zero-order valence-electron chi connectivity index (χ0n) is 54.0. The summed E-state index contributed by atoms with van der Waals surface area (Å²) < 4.78 is 17.0. The molecule has 0 aromatic carbocycles. The van der Waals surface area contributed by atoms with Crippen molar-refractivity contribution in [2.24, 2.45) is 0 Å². The number of carbonyl (C=O) groups is 3. The Kier molecular flexibility index (Phi) is 66.2. The highest BCUT2D eigenvalue weighted by atomic mass is 16.6. The zero-order valence-corrected chi connectivity index (χ0v) is 54.0. The molecule has 0 saturated heterocycles. The third kappa shape index (κ3) is 66.9. The van der Waals surface area contributed by atoms with Crippen LogP contribution in [0.4, 0.5) is 0 Å². The van der Waals surface area contributed by atoms with E-state index in [0.717, 1.165) is 116 Å². The molecule has 0 fully saturated rings. The predicted molar refractivity (Wildman–Crippen MR) is 357 cm³/mol. The van der Waals surface area contributed by atoms with E-state index in [1.807, 2.05) is 0 Å². The molecule has 0 radical (unpaired) electrons. The van der Waals surface area contributed by atoms with E-state index in [-0.39, 0.29) is 31.1 Å². The van der Waals surface area contributed by atoms with Gasteiger partial charge in [-0.3, -0.25) is 14.4 Å². The molecule has 0 aliphatic carbocycles. The van der Waals surface area contributed by atoms with Gasteiger partial charge in [0.25, 0.3) is 0 Å². The molecule has 0 rings (SSSR count). The first-order chi connectivity index (χ1) is 40.5. The number of allylic oxidation sites excluding steroid dienone is 18. The highest BCUT2D eigenvalue weighted by Crippen LogP contribution is 2.17. The van der Waals surface area contributed by atoms with Crippen LogP contribution in [0.1, 0.15) is 335 Å². The van der Waals surface area contributed by atoms with Crippen molar-refractivity contribution in [1.82, 2.24) is 0 Å². The average Bonchev–Trinajstić information content (AvgIpc) is 3.48. The summed E-state index contributed by atoms with van der Waals surface area (Å²) in [7, 11) is 0. The highest BCUT2D eigenvalue weighted by Gasteiger charge is 2.19. The van der Waals surface area contributed by atoms with Gasteiger partial charge in [0.15, 0.2) is 6.10 Å². The van der Waals surface area contributed by atoms with E-state index < -0.39 is 6.10 Å². The van der Waals surface area contributed by atoms with Crippen molar-refractivity contribution in [2.75, 3.05) is 13.2 Å². The second-order valence-corrected chi connectivity index (χ2v) is 23.0. The Morgan fingerprint density at radius 1 is 0.256 bits per heavy atom. The van der Waals surface area contributed by atoms with Crippen LogP contribution in [0.2, 0.25) is 0 Å². The van der Waals surface area contributed by atoms with Crippen LogP contribution in [0.3, 0.4) is 0 Å². The molecular weight excluding hydrogens is 1010 g/mol. The van der Waals surface area contributed by atoms with Gasteiger partial charge >= 0.3 is 17.9 Å². The molecule has 0 amide bonds. The second kappa shape index (κ2) is 69.6. The predicted octanol–water partition coefficient (Wildman–Crippen LogP) is 24.2. The van der Waals surface area contributed by atoms with Gasteiger partial charge in [-0.15, -0.1) is 0 Å². The van der Waals surface area contributed by atoms with E-state index in [0.29, 0.717) is 19.3 Å². The Morgan fingerprint density at radius 3 is 0.744 bits per heavy atom. The lowest BCUT2D eigenvalue weighted by Crippen LogP contribution is -2.30. The highest BCUT2D eigenvalue weighted by molar-refractivity contribution is 5.71. The quantitative estimate of drug-likeness (QED) is 0.0261. The van der Waals surface area contributed by atoms with Crippen LogP contribution in [0.25, 0.3) is 0 Å². The van der Waals surface area contributed by atoms with E-state index in [1.54, 1.807) is 0 Å². The molecule has 0 spiro atoms. The number of esters is 3. The Labute approximate surface area is 508 Å². The van der Waals surface area contributed by atoms with Crippen molar-refractivity contribution in [3.8, 4) is 0 Å². The summed E-state index contributed by atoms with van der Waals surface area (Å²) in [6.45, 7) is 6.43. The van der Waals surface area contributed by atoms with Crippen molar-refractivity contribution in [1.29, 1.82) is 0 Å². The van der Waals surface area contributed by atoms with E-state index in [4.69, 9.17) is 14.2 Å². The molecule has 0 aromatic rings. The zero-order chi connectivity index (χ0) is 59.2. The molecule has 6 nitrogen and oxygen atoms in total. The molecule has 0 bridgehead atoms. The molecule has 6 heteroatoms. The number of hydrogen-bond acceptors (Lipinski definition) is 6. The average molecular weight is 1140 g/mol. The Balaban J connectivity index is 4.20. The number of rotatable bonds is 63. The van der Waals surface area contributed by atoms with Crippen LogP contribution in [0, 0.1) is 0 Å². The lowest BCUT2D eigenvalue weighted by molar-refractivity contribution is -0.167. The van der Waals surface area contributed by atoms with Gasteiger partial charge in [-0.05, 0) is 103 Å². The van der Waals surface area contributed by atoms with Crippen LogP contribution in [-0.4, -0.2) is 37.2 Å². The molecule has 0 aliphatic rings. The summed E-state index contributed by atoms with van der Waals surface area (Å²) in [5, 5.41) is 0. The number of unbranched alkanes of at least 4 members (excludes halogenated alkanes) is 34. The first kappa shape index (κ1) is 78.1. The van der Waals surface area contributed by atoms with Crippen LogP contribution in [0.5, 0.6) is 0 Å². The molecular formula is C76H130O6. The summed E-state index contributed by atoms with van der Waals surface area (Å²) in [4.78, 5) is 38.4. The smallest absolute Gasteiger partial charge is 0.306 e. The Bertz CT molecular complexity index is 1640. The molecule has 0 heterocycles. The third-order valence-electron chi connectivity index (χ3n) is 15.0. The molecule has 1 unspecified atom stereocenters. The SMILES string of the molecule is CC/C=C\C/C=C\C/C=C\C/C=C\C/C=C\CCCCCCCCCCCCCC(=O)OCC(COC(=O)CCCCCCCCCCCC)OC(=O)CCCCCCCCCCCCCCCC/C=C\C/C=C\C/C=C\C/C=C\CC. The summed E-state index contributed by atoms with van der Waals surface area (Å²) in [5.74, 6) is -0.867. The monoisotopic (exact) mass is 1140 g/mol. The summed E-state index contributed by atoms with van der Waals surface area (Å²) in [5.41, 5.74) is 0. The third-order valence-corrected chi connectivity index (χ3v) is 15.0. The maximum Gasteiger partial charge on any atom is 0.306 e. The first-order valence-electron chi connectivity index (χ1n) is 34.9. The van der Waals surface area contributed by atoms with Gasteiger partial charge in [-0.2, -0.15) is 0 Å². The van der Waals surface area contributed by atoms with Gasteiger partial charge in [0.1, 0.15) is 13.2 Å². The molecule has 0 aliphatic heterocycles. The first-order valence-corrected chi connectivity index (χ1v) is 34.9. The minimum atomic E-state index is -0.779. The van der Waals surface area contributed by atoms with Crippen molar-refractivity contribution < 1.29 is 28.6 Å². The van der Waals surface area contributed by atoms with Crippen LogP contribution in [-0.2, 0) is 28.6 Å². The van der Waals surface area contributed by atoms with Crippen molar-refractivity contribution in [2.45, 2.75) is 341 Å². The van der Waals surface area contributed by atoms with Gasteiger partial charge in [0, 0.05) is 19.3 Å². The fourth-order valence-electron chi connectivity index (χ4n) is 9.88. The van der Waals surface area contributed by atoms with Gasteiger partial charge < -0.3 is 14.2 Å². The number of carbonyl (C=O) groups excluding carboxylic acids is 3. The maximum absolute atomic E-state index is 12.9. The maximum atomic E-state index is 12.9. The van der Waals surface area contributed by atoms with Crippen molar-refractivity contribution in [3.05, 3.63) is 109 Å². The molecule has 470 valence electrons. The topological polar surface area (TPSA) is 78.9 Å². The van der Waals surface area contributed by atoms with Crippen LogP contribution in [0.15, 0.2) is 109 Å². The summed E-state index contributed by atoms with van der Waals surface area (Å²) in [6, 6.07) is 0. The van der Waals surface area contributed by atoms with E-state index in [2.05, 4.69) is 130 Å². The lowest BCUT2D eigenvalue weighted by atomic mass is 10.0. The van der Waals surface area contributed by atoms with Gasteiger partial charge in [-0.25, -0.2) is 0 Å². The molecule has 1 atom stereocenters. The van der Waals surface area contributed by atoms with Gasteiger partial charge in [0.05, 0.1) is 0 Å². The van der Waals surface area contributed by atoms with Crippen molar-refractivity contribution >= 4 is 17.9 Å². The number of ether oxygens (including phenoxy) is 3. The normalized spacial score (nSPS) is 12.8. The van der Waals surface area contributed by atoms with Crippen LogP contribution >= 0.6 is 0 Å².